The molecule has 0 aliphatic rings. The number of para-hydroxylation sites is 1. The van der Waals surface area contributed by atoms with E-state index in [4.69, 9.17) is 4.74 Å². The Hall–Kier alpha value is -1.60. The Bertz CT molecular complexity index is 673. The average Bonchev–Trinajstić information content (AvgIpc) is 2.99. The number of benzene rings is 1. The van der Waals surface area contributed by atoms with Gasteiger partial charge < -0.3 is 4.74 Å². The summed E-state index contributed by atoms with van der Waals surface area (Å²) in [6.07, 6.45) is 0.0234. The molecule has 0 saturated carbocycles. The van der Waals surface area contributed by atoms with Gasteiger partial charge >= 0.3 is 0 Å². The van der Waals surface area contributed by atoms with Crippen LogP contribution in [0.5, 0.6) is 5.75 Å². The van der Waals surface area contributed by atoms with Gasteiger partial charge in [0.25, 0.3) is 5.91 Å². The number of amides is 1. The molecular formula is C17H23N3O2S2. The van der Waals surface area contributed by atoms with Crippen LogP contribution < -0.4 is 10.1 Å². The van der Waals surface area contributed by atoms with E-state index in [0.717, 1.165) is 21.4 Å². The summed E-state index contributed by atoms with van der Waals surface area (Å²) in [6.45, 7) is 8.20. The molecule has 0 spiro atoms. The van der Waals surface area contributed by atoms with E-state index in [2.05, 4.69) is 29.4 Å². The predicted octanol–water partition coefficient (Wildman–Crippen LogP) is 4.39. The summed E-state index contributed by atoms with van der Waals surface area (Å²) in [5, 5.41) is 11.5. The van der Waals surface area contributed by atoms with Crippen molar-refractivity contribution in [2.24, 2.45) is 5.92 Å². The molecule has 1 heterocycles. The number of anilines is 1. The van der Waals surface area contributed by atoms with E-state index >= 15 is 0 Å². The Labute approximate surface area is 151 Å². The van der Waals surface area contributed by atoms with Gasteiger partial charge in [-0.1, -0.05) is 62.1 Å². The molecule has 1 aromatic heterocycles. The summed E-state index contributed by atoms with van der Waals surface area (Å²) in [5.74, 6) is 2.10. The van der Waals surface area contributed by atoms with Gasteiger partial charge in [0.05, 0.1) is 0 Å². The number of rotatable bonds is 8. The van der Waals surface area contributed by atoms with E-state index in [-0.39, 0.29) is 5.91 Å². The lowest BCUT2D eigenvalue weighted by Gasteiger charge is -2.17. The van der Waals surface area contributed by atoms with Crippen LogP contribution in [0.3, 0.4) is 0 Å². The van der Waals surface area contributed by atoms with E-state index < -0.39 is 6.10 Å². The van der Waals surface area contributed by atoms with Gasteiger partial charge in [0, 0.05) is 5.75 Å². The zero-order valence-corrected chi connectivity index (χ0v) is 16.0. The molecule has 1 atom stereocenters. The van der Waals surface area contributed by atoms with Crippen molar-refractivity contribution in [1.29, 1.82) is 0 Å². The van der Waals surface area contributed by atoms with Crippen LogP contribution in [0.15, 0.2) is 28.6 Å². The Balaban J connectivity index is 1.95. The van der Waals surface area contributed by atoms with E-state index in [1.54, 1.807) is 11.8 Å². The van der Waals surface area contributed by atoms with Gasteiger partial charge in [0.2, 0.25) is 5.13 Å². The number of aromatic nitrogens is 2. The van der Waals surface area contributed by atoms with Crippen molar-refractivity contribution in [1.82, 2.24) is 10.2 Å². The maximum atomic E-state index is 12.4. The highest BCUT2D eigenvalue weighted by atomic mass is 32.2. The summed E-state index contributed by atoms with van der Waals surface area (Å²) in [7, 11) is 0. The summed E-state index contributed by atoms with van der Waals surface area (Å²) < 4.78 is 6.72. The Morgan fingerprint density at radius 2 is 2.08 bits per heavy atom. The number of carbonyl (C=O) groups excluding carboxylic acids is 1. The second kappa shape index (κ2) is 9.03. The van der Waals surface area contributed by atoms with Gasteiger partial charge in [-0.2, -0.15) is 0 Å². The number of carbonyl (C=O) groups is 1. The Kier molecular flexibility index (Phi) is 7.05. The number of hydrogen-bond acceptors (Lipinski definition) is 6. The second-order valence-corrected chi connectivity index (χ2v) is 8.09. The summed E-state index contributed by atoms with van der Waals surface area (Å²) in [4.78, 5) is 12.4. The molecule has 130 valence electrons. The van der Waals surface area contributed by atoms with Gasteiger partial charge in [-0.05, 0) is 30.9 Å². The predicted molar refractivity (Wildman–Crippen MR) is 100.0 cm³/mol. The number of nitrogens with one attached hydrogen (secondary N) is 1. The molecule has 0 aliphatic heterocycles. The molecular weight excluding hydrogens is 342 g/mol. The monoisotopic (exact) mass is 365 g/mol. The fraction of sp³-hybridized carbons (Fsp3) is 0.471. The molecule has 0 saturated heterocycles. The molecule has 1 aromatic carbocycles. The molecule has 24 heavy (non-hydrogen) atoms. The highest BCUT2D eigenvalue weighted by Crippen LogP contribution is 2.27. The van der Waals surface area contributed by atoms with Crippen molar-refractivity contribution in [3.05, 3.63) is 29.8 Å². The van der Waals surface area contributed by atoms with E-state index in [1.807, 2.05) is 38.1 Å². The summed E-state index contributed by atoms with van der Waals surface area (Å²) in [6, 6.07) is 7.68. The summed E-state index contributed by atoms with van der Waals surface area (Å²) in [5.41, 5.74) is 1.01. The topological polar surface area (TPSA) is 64.1 Å². The third-order valence-electron chi connectivity index (χ3n) is 3.20. The number of nitrogens with zero attached hydrogens (tertiary/aromatic N) is 2. The third kappa shape index (κ3) is 5.49. The molecule has 5 nitrogen and oxygen atoms in total. The third-order valence-corrected chi connectivity index (χ3v) is 5.60. The Morgan fingerprint density at radius 3 is 2.75 bits per heavy atom. The molecule has 2 rings (SSSR count). The minimum atomic E-state index is -0.554. The average molecular weight is 366 g/mol. The maximum absolute atomic E-state index is 12.4. The molecule has 7 heteroatoms. The lowest BCUT2D eigenvalue weighted by Crippen LogP contribution is -2.32. The quantitative estimate of drug-likeness (QED) is 0.555. The lowest BCUT2D eigenvalue weighted by atomic mass is 10.2. The largest absolute Gasteiger partial charge is 0.480 e. The maximum Gasteiger partial charge on any atom is 0.267 e. The molecule has 2 aromatic rings. The lowest BCUT2D eigenvalue weighted by molar-refractivity contribution is -0.122. The first-order valence-electron chi connectivity index (χ1n) is 7.99. The van der Waals surface area contributed by atoms with Crippen LogP contribution in [0, 0.1) is 12.8 Å². The number of ether oxygens (including phenoxy) is 1. The zero-order valence-electron chi connectivity index (χ0n) is 14.4. The van der Waals surface area contributed by atoms with Crippen molar-refractivity contribution in [2.45, 2.75) is 44.6 Å². The molecule has 1 amide bonds. The summed E-state index contributed by atoms with van der Waals surface area (Å²) >= 11 is 3.05. The van der Waals surface area contributed by atoms with Gasteiger partial charge in [-0.3, -0.25) is 10.1 Å². The van der Waals surface area contributed by atoms with Crippen LogP contribution in [0.4, 0.5) is 5.13 Å². The highest BCUT2D eigenvalue weighted by molar-refractivity contribution is 8.01. The van der Waals surface area contributed by atoms with E-state index in [9.17, 15) is 4.79 Å². The van der Waals surface area contributed by atoms with Crippen molar-refractivity contribution in [2.75, 3.05) is 11.1 Å². The van der Waals surface area contributed by atoms with Crippen LogP contribution in [-0.4, -0.2) is 28.0 Å². The van der Waals surface area contributed by atoms with E-state index in [1.165, 1.54) is 11.3 Å². The van der Waals surface area contributed by atoms with Gasteiger partial charge in [-0.25, -0.2) is 0 Å². The van der Waals surface area contributed by atoms with Gasteiger partial charge in [0.1, 0.15) is 5.75 Å². The fourth-order valence-electron chi connectivity index (χ4n) is 1.91. The number of thioether (sulfide) groups is 1. The number of hydrogen-bond donors (Lipinski definition) is 1. The van der Waals surface area contributed by atoms with Crippen LogP contribution in [0.1, 0.15) is 32.8 Å². The Morgan fingerprint density at radius 1 is 1.33 bits per heavy atom. The minimum Gasteiger partial charge on any atom is -0.480 e. The number of aryl methyl sites for hydroxylation is 1. The molecule has 1 unspecified atom stereocenters. The molecule has 0 aliphatic carbocycles. The zero-order chi connectivity index (χ0) is 17.5. The van der Waals surface area contributed by atoms with Crippen molar-refractivity contribution in [3.8, 4) is 5.75 Å². The fourth-order valence-corrected chi connectivity index (χ4v) is 3.64. The second-order valence-electron chi connectivity index (χ2n) is 5.85. The standard InChI is InChI=1S/C17H23N3O2S2/c1-5-13(22-14-9-7-6-8-12(14)4)15(21)18-16-19-20-17(24-16)23-10-11(2)3/h6-9,11,13H,5,10H2,1-4H3,(H,18,19,21). The molecule has 0 fully saturated rings. The first-order valence-corrected chi connectivity index (χ1v) is 9.79. The van der Waals surface area contributed by atoms with E-state index in [0.29, 0.717) is 17.5 Å². The van der Waals surface area contributed by atoms with Gasteiger partial charge in [-0.15, -0.1) is 10.2 Å². The first-order chi connectivity index (χ1) is 11.5. The van der Waals surface area contributed by atoms with Gasteiger partial charge in [0.15, 0.2) is 10.4 Å². The first kappa shape index (κ1) is 18.7. The highest BCUT2D eigenvalue weighted by Gasteiger charge is 2.20. The van der Waals surface area contributed by atoms with Crippen molar-refractivity contribution >= 4 is 34.1 Å². The van der Waals surface area contributed by atoms with Crippen LogP contribution in [0.25, 0.3) is 0 Å². The van der Waals surface area contributed by atoms with Crippen LogP contribution >= 0.6 is 23.1 Å². The molecule has 0 radical (unpaired) electrons. The SMILES string of the molecule is CCC(Oc1ccccc1C)C(=O)Nc1nnc(SCC(C)C)s1. The molecule has 0 bridgehead atoms. The van der Waals surface area contributed by atoms with Crippen LogP contribution in [0.2, 0.25) is 0 Å². The van der Waals surface area contributed by atoms with Crippen molar-refractivity contribution < 1.29 is 9.53 Å². The smallest absolute Gasteiger partial charge is 0.267 e. The van der Waals surface area contributed by atoms with Crippen molar-refractivity contribution in [3.63, 3.8) is 0 Å². The van der Waals surface area contributed by atoms with Crippen LogP contribution in [-0.2, 0) is 4.79 Å². The molecule has 1 N–H and O–H groups in total. The normalized spacial score (nSPS) is 12.2. The minimum absolute atomic E-state index is 0.197.